The first-order chi connectivity index (χ1) is 9.02. The molecule has 1 aromatic heterocycles. The minimum Gasteiger partial charge on any atom is -0.497 e. The van der Waals surface area contributed by atoms with Crippen molar-refractivity contribution in [3.05, 3.63) is 35.5 Å². The van der Waals surface area contributed by atoms with Gasteiger partial charge in [-0.25, -0.2) is 14.8 Å². The van der Waals surface area contributed by atoms with E-state index in [1.54, 1.807) is 38.3 Å². The zero-order chi connectivity index (χ0) is 14.0. The molecule has 0 saturated heterocycles. The minimum absolute atomic E-state index is 0.0494. The molecule has 0 unspecified atom stereocenters. The number of aryl methyl sites for hydroxylation is 1. The Morgan fingerprint density at radius 1 is 1.26 bits per heavy atom. The number of carboxylic acids is 1. The van der Waals surface area contributed by atoms with Crippen LogP contribution in [0.2, 0.25) is 0 Å². The van der Waals surface area contributed by atoms with Gasteiger partial charge in [-0.3, -0.25) is 0 Å². The van der Waals surface area contributed by atoms with Gasteiger partial charge in [-0.05, 0) is 31.2 Å². The summed E-state index contributed by atoms with van der Waals surface area (Å²) in [7, 11) is 1.56. The number of nitrogens with zero attached hydrogens (tertiary/aromatic N) is 2. The maximum absolute atomic E-state index is 11.3. The second-order valence-electron chi connectivity index (χ2n) is 3.92. The molecular weight excluding hydrogens is 246 g/mol. The molecule has 19 heavy (non-hydrogen) atoms. The first-order valence-corrected chi connectivity index (χ1v) is 5.54. The van der Waals surface area contributed by atoms with E-state index in [1.165, 1.54) is 0 Å². The molecule has 6 heteroatoms. The van der Waals surface area contributed by atoms with Crippen molar-refractivity contribution in [2.75, 3.05) is 12.8 Å². The Labute approximate surface area is 109 Å². The van der Waals surface area contributed by atoms with Crippen LogP contribution < -0.4 is 10.5 Å². The summed E-state index contributed by atoms with van der Waals surface area (Å²) in [5.74, 6) is -0.351. The van der Waals surface area contributed by atoms with Gasteiger partial charge >= 0.3 is 5.97 Å². The molecule has 0 bridgehead atoms. The van der Waals surface area contributed by atoms with Gasteiger partial charge in [0.2, 0.25) is 5.95 Å². The summed E-state index contributed by atoms with van der Waals surface area (Å²) in [4.78, 5) is 19.2. The first-order valence-electron chi connectivity index (χ1n) is 5.54. The number of benzene rings is 1. The van der Waals surface area contributed by atoms with E-state index < -0.39 is 5.97 Å². The van der Waals surface area contributed by atoms with Crippen LogP contribution >= 0.6 is 0 Å². The highest BCUT2D eigenvalue weighted by atomic mass is 16.5. The van der Waals surface area contributed by atoms with Crippen molar-refractivity contribution >= 4 is 11.9 Å². The van der Waals surface area contributed by atoms with Crippen molar-refractivity contribution in [2.45, 2.75) is 6.92 Å². The number of aromatic carboxylic acids is 1. The number of nitrogen functional groups attached to an aromatic ring is 1. The second-order valence-corrected chi connectivity index (χ2v) is 3.92. The number of carboxylic acid groups (broad SMARTS) is 1. The van der Waals surface area contributed by atoms with Gasteiger partial charge in [0.05, 0.1) is 18.5 Å². The molecule has 3 N–H and O–H groups in total. The third kappa shape index (κ3) is 2.47. The quantitative estimate of drug-likeness (QED) is 0.871. The summed E-state index contributed by atoms with van der Waals surface area (Å²) in [6.45, 7) is 1.59. The van der Waals surface area contributed by atoms with E-state index in [9.17, 15) is 9.90 Å². The SMILES string of the molecule is COc1ccc(-c2nc(N)nc(C)c2C(=O)O)cc1. The molecule has 0 fully saturated rings. The zero-order valence-electron chi connectivity index (χ0n) is 10.5. The molecule has 1 aromatic carbocycles. The van der Waals surface area contributed by atoms with Gasteiger partial charge in [-0.1, -0.05) is 0 Å². The van der Waals surface area contributed by atoms with E-state index in [-0.39, 0.29) is 11.5 Å². The van der Waals surface area contributed by atoms with Crippen LogP contribution in [0.3, 0.4) is 0 Å². The fraction of sp³-hybridized carbons (Fsp3) is 0.154. The molecule has 1 heterocycles. The summed E-state index contributed by atoms with van der Waals surface area (Å²) in [5, 5.41) is 9.25. The van der Waals surface area contributed by atoms with Crippen LogP contribution in [-0.2, 0) is 0 Å². The van der Waals surface area contributed by atoms with Crippen molar-refractivity contribution in [2.24, 2.45) is 0 Å². The van der Waals surface area contributed by atoms with Crippen LogP contribution in [0.4, 0.5) is 5.95 Å². The molecule has 0 aliphatic rings. The van der Waals surface area contributed by atoms with Gasteiger partial charge in [0.25, 0.3) is 0 Å². The van der Waals surface area contributed by atoms with Gasteiger partial charge < -0.3 is 15.6 Å². The van der Waals surface area contributed by atoms with Crippen LogP contribution in [0.15, 0.2) is 24.3 Å². The summed E-state index contributed by atoms with van der Waals surface area (Å²) in [6.07, 6.45) is 0. The van der Waals surface area contributed by atoms with Crippen molar-refractivity contribution < 1.29 is 14.6 Å². The first kappa shape index (κ1) is 12.8. The van der Waals surface area contributed by atoms with Gasteiger partial charge in [-0.15, -0.1) is 0 Å². The Kier molecular flexibility index (Phi) is 3.33. The van der Waals surface area contributed by atoms with Crippen molar-refractivity contribution in [1.29, 1.82) is 0 Å². The molecule has 0 radical (unpaired) electrons. The molecular formula is C13H13N3O3. The lowest BCUT2D eigenvalue weighted by Gasteiger charge is -2.09. The predicted octanol–water partition coefficient (Wildman–Crippen LogP) is 1.74. The fourth-order valence-electron chi connectivity index (χ4n) is 1.81. The van der Waals surface area contributed by atoms with Crippen molar-refractivity contribution in [1.82, 2.24) is 9.97 Å². The number of rotatable bonds is 3. The second kappa shape index (κ2) is 4.93. The summed E-state index contributed by atoms with van der Waals surface area (Å²) >= 11 is 0. The number of nitrogens with two attached hydrogens (primary N) is 1. The van der Waals surface area contributed by atoms with E-state index in [4.69, 9.17) is 10.5 Å². The molecule has 2 rings (SSSR count). The van der Waals surface area contributed by atoms with Crippen LogP contribution in [0.5, 0.6) is 5.75 Å². The lowest BCUT2D eigenvalue weighted by molar-refractivity contribution is 0.0696. The molecule has 0 aliphatic heterocycles. The van der Waals surface area contributed by atoms with E-state index >= 15 is 0 Å². The zero-order valence-corrected chi connectivity index (χ0v) is 10.5. The van der Waals surface area contributed by atoms with E-state index in [2.05, 4.69) is 9.97 Å². The predicted molar refractivity (Wildman–Crippen MR) is 70.1 cm³/mol. The number of carbonyl (C=O) groups is 1. The molecule has 0 amide bonds. The van der Waals surface area contributed by atoms with E-state index in [1.807, 2.05) is 0 Å². The Hall–Kier alpha value is -2.63. The number of methoxy groups -OCH3 is 1. The number of hydrogen-bond donors (Lipinski definition) is 2. The molecule has 0 spiro atoms. The lowest BCUT2D eigenvalue weighted by atomic mass is 10.0. The van der Waals surface area contributed by atoms with Gasteiger partial charge in [0.15, 0.2) is 0 Å². The van der Waals surface area contributed by atoms with Gasteiger partial charge in [-0.2, -0.15) is 0 Å². The van der Waals surface area contributed by atoms with Gasteiger partial charge in [0.1, 0.15) is 11.3 Å². The molecule has 0 aliphatic carbocycles. The van der Waals surface area contributed by atoms with Crippen molar-refractivity contribution in [3.63, 3.8) is 0 Å². The summed E-state index contributed by atoms with van der Waals surface area (Å²) < 4.78 is 5.06. The van der Waals surface area contributed by atoms with E-state index in [0.29, 0.717) is 22.7 Å². The van der Waals surface area contributed by atoms with E-state index in [0.717, 1.165) is 0 Å². The van der Waals surface area contributed by atoms with Crippen LogP contribution in [-0.4, -0.2) is 28.2 Å². The number of ether oxygens (including phenoxy) is 1. The molecule has 6 nitrogen and oxygen atoms in total. The van der Waals surface area contributed by atoms with Crippen LogP contribution in [0.25, 0.3) is 11.3 Å². The summed E-state index contributed by atoms with van der Waals surface area (Å²) in [5.41, 5.74) is 6.93. The largest absolute Gasteiger partial charge is 0.497 e. The maximum Gasteiger partial charge on any atom is 0.339 e. The highest BCUT2D eigenvalue weighted by Crippen LogP contribution is 2.26. The molecule has 2 aromatic rings. The third-order valence-electron chi connectivity index (χ3n) is 2.68. The van der Waals surface area contributed by atoms with Crippen LogP contribution in [0.1, 0.15) is 16.1 Å². The Bertz CT molecular complexity index is 624. The molecule has 0 saturated carbocycles. The average molecular weight is 259 g/mol. The fourth-order valence-corrected chi connectivity index (χ4v) is 1.81. The topological polar surface area (TPSA) is 98.3 Å². The highest BCUT2D eigenvalue weighted by molar-refractivity contribution is 5.96. The maximum atomic E-state index is 11.3. The van der Waals surface area contributed by atoms with Gasteiger partial charge in [0, 0.05) is 5.56 Å². The Balaban J connectivity index is 2.62. The normalized spacial score (nSPS) is 10.2. The average Bonchev–Trinajstić information content (AvgIpc) is 2.37. The Morgan fingerprint density at radius 2 is 1.89 bits per heavy atom. The molecule has 0 atom stereocenters. The molecule has 98 valence electrons. The number of anilines is 1. The Morgan fingerprint density at radius 3 is 2.42 bits per heavy atom. The summed E-state index contributed by atoms with van der Waals surface area (Å²) in [6, 6.07) is 6.92. The smallest absolute Gasteiger partial charge is 0.339 e. The van der Waals surface area contributed by atoms with Crippen LogP contribution in [0, 0.1) is 6.92 Å². The lowest BCUT2D eigenvalue weighted by Crippen LogP contribution is -2.09. The minimum atomic E-state index is -1.08. The highest BCUT2D eigenvalue weighted by Gasteiger charge is 2.18. The standard InChI is InChI=1S/C13H13N3O3/c1-7-10(12(17)18)11(16-13(14)15-7)8-3-5-9(19-2)6-4-8/h3-6H,1-2H3,(H,17,18)(H2,14,15,16). The number of aromatic nitrogens is 2. The van der Waals surface area contributed by atoms with Crippen molar-refractivity contribution in [3.8, 4) is 17.0 Å². The third-order valence-corrected chi connectivity index (χ3v) is 2.68. The monoisotopic (exact) mass is 259 g/mol. The number of hydrogen-bond acceptors (Lipinski definition) is 5.